The predicted molar refractivity (Wildman–Crippen MR) is 151 cm³/mol. The average molecular weight is 541 g/mol. The van der Waals surface area contributed by atoms with E-state index < -0.39 is 17.4 Å². The molecule has 0 fully saturated rings. The molecule has 2 aromatic heterocycles. The van der Waals surface area contributed by atoms with Crippen molar-refractivity contribution < 1.29 is 23.0 Å². The van der Waals surface area contributed by atoms with Crippen LogP contribution in [0.15, 0.2) is 91.3 Å². The molecule has 204 valence electrons. The number of halogens is 2. The number of fused-ring (bicyclic) bond motifs is 1. The van der Waals surface area contributed by atoms with E-state index in [1.165, 1.54) is 12.1 Å². The summed E-state index contributed by atoms with van der Waals surface area (Å²) in [5.74, 6) is -2.18. The molecule has 0 unspecified atom stereocenters. The van der Waals surface area contributed by atoms with Crippen LogP contribution in [0.5, 0.6) is 5.75 Å². The fourth-order valence-corrected chi connectivity index (χ4v) is 4.76. The number of benzene rings is 3. The third kappa shape index (κ3) is 6.37. The Bertz CT molecular complexity index is 1580. The van der Waals surface area contributed by atoms with E-state index in [0.29, 0.717) is 31.6 Å². The van der Waals surface area contributed by atoms with E-state index in [2.05, 4.69) is 4.98 Å². The van der Waals surface area contributed by atoms with Crippen molar-refractivity contribution in [3.63, 3.8) is 0 Å². The zero-order chi connectivity index (χ0) is 27.9. The van der Waals surface area contributed by atoms with Crippen LogP contribution in [0, 0.1) is 11.6 Å². The van der Waals surface area contributed by atoms with Crippen LogP contribution in [-0.4, -0.2) is 22.1 Å². The highest BCUT2D eigenvalue weighted by Gasteiger charge is 2.17. The van der Waals surface area contributed by atoms with Crippen molar-refractivity contribution in [3.8, 4) is 11.4 Å². The number of nitrogens with zero attached hydrogens (tertiary/aromatic N) is 2. The first-order valence-corrected chi connectivity index (χ1v) is 13.4. The van der Waals surface area contributed by atoms with Gasteiger partial charge in [0, 0.05) is 42.0 Å². The monoisotopic (exact) mass is 540 g/mol. The molecule has 40 heavy (non-hydrogen) atoms. The lowest BCUT2D eigenvalue weighted by atomic mass is 10.0. The average Bonchev–Trinajstić information content (AvgIpc) is 3.33. The van der Waals surface area contributed by atoms with E-state index in [1.807, 2.05) is 72.9 Å². The summed E-state index contributed by atoms with van der Waals surface area (Å²) in [5.41, 5.74) is 4.95. The number of pyridine rings is 1. The van der Waals surface area contributed by atoms with Gasteiger partial charge in [-0.2, -0.15) is 0 Å². The maximum atomic E-state index is 15.1. The van der Waals surface area contributed by atoms with Gasteiger partial charge in [-0.3, -0.25) is 9.78 Å². The third-order valence-corrected chi connectivity index (χ3v) is 6.74. The van der Waals surface area contributed by atoms with Gasteiger partial charge in [0.15, 0.2) is 17.4 Å². The zero-order valence-corrected chi connectivity index (χ0v) is 22.3. The van der Waals surface area contributed by atoms with Crippen molar-refractivity contribution in [1.29, 1.82) is 0 Å². The SMILES string of the molecule is CCOC(=O)CCc1ccc2c(c1)c(CCc1ccccn1)cn2-c1cc(F)c(OCc2ccccc2)c(F)c1. The van der Waals surface area contributed by atoms with Crippen LogP contribution in [0.1, 0.15) is 35.7 Å². The van der Waals surface area contributed by atoms with Gasteiger partial charge in [0.2, 0.25) is 0 Å². The molecular weight excluding hydrogens is 510 g/mol. The van der Waals surface area contributed by atoms with Gasteiger partial charge in [0.05, 0.1) is 17.8 Å². The Morgan fingerprint density at radius 1 is 0.875 bits per heavy atom. The molecule has 0 saturated carbocycles. The summed E-state index contributed by atoms with van der Waals surface area (Å²) < 4.78 is 42.7. The van der Waals surface area contributed by atoms with Gasteiger partial charge in [-0.1, -0.05) is 42.5 Å². The van der Waals surface area contributed by atoms with Crippen molar-refractivity contribution in [3.05, 3.63) is 125 Å². The second-order valence-corrected chi connectivity index (χ2v) is 9.51. The van der Waals surface area contributed by atoms with Gasteiger partial charge in [0.25, 0.3) is 0 Å². The molecule has 0 radical (unpaired) electrons. The largest absolute Gasteiger partial charge is 0.483 e. The molecule has 0 spiro atoms. The van der Waals surface area contributed by atoms with Gasteiger partial charge in [-0.05, 0) is 67.1 Å². The quantitative estimate of drug-likeness (QED) is 0.167. The summed E-state index contributed by atoms with van der Waals surface area (Å²) >= 11 is 0. The molecule has 0 N–H and O–H groups in total. The summed E-state index contributed by atoms with van der Waals surface area (Å²) in [5, 5.41) is 0.961. The second kappa shape index (κ2) is 12.6. The molecular formula is C33H30F2N2O3. The van der Waals surface area contributed by atoms with E-state index in [1.54, 1.807) is 17.7 Å². The third-order valence-electron chi connectivity index (χ3n) is 6.74. The molecule has 5 nitrogen and oxygen atoms in total. The molecule has 5 rings (SSSR count). The number of rotatable bonds is 11. The lowest BCUT2D eigenvalue weighted by molar-refractivity contribution is -0.143. The zero-order valence-electron chi connectivity index (χ0n) is 22.3. The molecule has 0 amide bonds. The predicted octanol–water partition coefficient (Wildman–Crippen LogP) is 7.16. The Kier molecular flexibility index (Phi) is 8.50. The Hall–Kier alpha value is -4.52. The summed E-state index contributed by atoms with van der Waals surface area (Å²) in [7, 11) is 0. The van der Waals surface area contributed by atoms with E-state index in [9.17, 15) is 4.79 Å². The number of carbonyl (C=O) groups is 1. The molecule has 0 bridgehead atoms. The Balaban J connectivity index is 1.46. The number of aryl methyl sites for hydroxylation is 3. The first-order chi connectivity index (χ1) is 19.5. The van der Waals surface area contributed by atoms with Gasteiger partial charge in [0.1, 0.15) is 6.61 Å². The van der Waals surface area contributed by atoms with Crippen molar-refractivity contribution in [1.82, 2.24) is 9.55 Å². The molecule has 7 heteroatoms. The number of aromatic nitrogens is 2. The fourth-order valence-electron chi connectivity index (χ4n) is 4.76. The van der Waals surface area contributed by atoms with E-state index in [4.69, 9.17) is 9.47 Å². The number of hydrogen-bond acceptors (Lipinski definition) is 4. The standard InChI is InChI=1S/C33H30F2N2O3/c1-2-39-32(38)16-12-23-11-15-31-28(18-23)25(13-14-26-10-6-7-17-36-26)21-37(31)27-19-29(34)33(30(35)20-27)40-22-24-8-4-3-5-9-24/h3-11,15,17-21H,2,12-14,16,22H2,1H3. The van der Waals surface area contributed by atoms with Crippen molar-refractivity contribution in [2.45, 2.75) is 39.2 Å². The first-order valence-electron chi connectivity index (χ1n) is 13.4. The summed E-state index contributed by atoms with van der Waals surface area (Å²) in [6.07, 6.45) is 5.90. The Morgan fingerprint density at radius 2 is 1.65 bits per heavy atom. The van der Waals surface area contributed by atoms with E-state index in [-0.39, 0.29) is 19.0 Å². The highest BCUT2D eigenvalue weighted by molar-refractivity contribution is 5.86. The molecule has 3 aromatic carbocycles. The van der Waals surface area contributed by atoms with E-state index >= 15 is 8.78 Å². The molecule has 0 aliphatic carbocycles. The minimum absolute atomic E-state index is 0.0622. The molecule has 0 aliphatic heterocycles. The van der Waals surface area contributed by atoms with Crippen LogP contribution >= 0.6 is 0 Å². The molecule has 5 aromatic rings. The number of ether oxygens (including phenoxy) is 2. The smallest absolute Gasteiger partial charge is 0.306 e. The van der Waals surface area contributed by atoms with Crippen LogP contribution < -0.4 is 4.74 Å². The van der Waals surface area contributed by atoms with Crippen molar-refractivity contribution >= 4 is 16.9 Å². The van der Waals surface area contributed by atoms with Crippen LogP contribution in [0.4, 0.5) is 8.78 Å². The van der Waals surface area contributed by atoms with Gasteiger partial charge < -0.3 is 14.0 Å². The van der Waals surface area contributed by atoms with Gasteiger partial charge in [-0.15, -0.1) is 0 Å². The topological polar surface area (TPSA) is 53.3 Å². The lowest BCUT2D eigenvalue weighted by Crippen LogP contribution is -2.05. The Labute approximate surface area is 232 Å². The van der Waals surface area contributed by atoms with Gasteiger partial charge >= 0.3 is 5.97 Å². The van der Waals surface area contributed by atoms with Gasteiger partial charge in [-0.25, -0.2) is 8.78 Å². The van der Waals surface area contributed by atoms with E-state index in [0.717, 1.165) is 33.3 Å². The first kappa shape index (κ1) is 27.1. The number of hydrogen-bond donors (Lipinski definition) is 0. The van der Waals surface area contributed by atoms with Crippen LogP contribution in [-0.2, 0) is 35.4 Å². The van der Waals surface area contributed by atoms with Crippen LogP contribution in [0.3, 0.4) is 0 Å². The highest BCUT2D eigenvalue weighted by Crippen LogP contribution is 2.31. The second-order valence-electron chi connectivity index (χ2n) is 9.51. The van der Waals surface area contributed by atoms with Crippen LogP contribution in [0.2, 0.25) is 0 Å². The summed E-state index contributed by atoms with van der Waals surface area (Å²) in [6.45, 7) is 2.20. The molecule has 2 heterocycles. The van der Waals surface area contributed by atoms with Crippen molar-refractivity contribution in [2.75, 3.05) is 6.61 Å². The normalized spacial score (nSPS) is 11.1. The maximum absolute atomic E-state index is 15.1. The molecule has 0 saturated heterocycles. The number of carbonyl (C=O) groups excluding carboxylic acids is 1. The summed E-state index contributed by atoms with van der Waals surface area (Å²) in [6, 6.07) is 23.5. The molecule has 0 atom stereocenters. The maximum Gasteiger partial charge on any atom is 0.306 e. The van der Waals surface area contributed by atoms with Crippen LogP contribution in [0.25, 0.3) is 16.6 Å². The van der Waals surface area contributed by atoms with Crippen molar-refractivity contribution in [2.24, 2.45) is 0 Å². The minimum Gasteiger partial charge on any atom is -0.483 e. The lowest BCUT2D eigenvalue weighted by Gasteiger charge is -2.12. The number of esters is 1. The molecule has 0 aliphatic rings. The summed E-state index contributed by atoms with van der Waals surface area (Å²) in [4.78, 5) is 16.3. The minimum atomic E-state index is -0.770. The fraction of sp³-hybridized carbons (Fsp3) is 0.212. The Morgan fingerprint density at radius 3 is 2.38 bits per heavy atom. The highest BCUT2D eigenvalue weighted by atomic mass is 19.1.